The molecule has 0 aliphatic heterocycles. The first-order valence-electron chi connectivity index (χ1n) is 8.41. The molecule has 1 atom stereocenters. The number of thiophene rings is 1. The molecule has 0 spiro atoms. The Bertz CT molecular complexity index is 870. The number of hydrogen-bond acceptors (Lipinski definition) is 4. The van der Waals surface area contributed by atoms with Gasteiger partial charge in [0.1, 0.15) is 0 Å². The van der Waals surface area contributed by atoms with Crippen molar-refractivity contribution in [1.82, 2.24) is 10.3 Å². The first-order chi connectivity index (χ1) is 11.9. The van der Waals surface area contributed by atoms with Crippen molar-refractivity contribution in [2.45, 2.75) is 44.4 Å². The number of hydrogen-bond donors (Lipinski definition) is 2. The van der Waals surface area contributed by atoms with E-state index in [2.05, 4.69) is 17.2 Å². The molecule has 2 aromatic rings. The van der Waals surface area contributed by atoms with Crippen LogP contribution in [0.25, 0.3) is 0 Å². The van der Waals surface area contributed by atoms with Crippen LogP contribution in [0, 0.1) is 5.92 Å². The van der Waals surface area contributed by atoms with Gasteiger partial charge in [-0.3, -0.25) is 10.2 Å². The minimum atomic E-state index is -3.78. The molecule has 7 heteroatoms. The molecule has 134 valence electrons. The van der Waals surface area contributed by atoms with Crippen LogP contribution in [0.3, 0.4) is 0 Å². The third kappa shape index (κ3) is 4.11. The van der Waals surface area contributed by atoms with E-state index >= 15 is 0 Å². The molecule has 3 rings (SSSR count). The van der Waals surface area contributed by atoms with Crippen LogP contribution in [0.2, 0.25) is 0 Å². The molecular formula is C18H22N2O3S2. The molecule has 0 unspecified atom stereocenters. The van der Waals surface area contributed by atoms with E-state index in [1.165, 1.54) is 21.8 Å². The summed E-state index contributed by atoms with van der Waals surface area (Å²) in [5.74, 6) is 0.211. The summed E-state index contributed by atoms with van der Waals surface area (Å²) in [6, 6.07) is 8.50. The summed E-state index contributed by atoms with van der Waals surface area (Å²) >= 11 is 1.45. The molecule has 1 aromatic heterocycles. The Kier molecular flexibility index (Phi) is 5.27. The van der Waals surface area contributed by atoms with Gasteiger partial charge in [-0.1, -0.05) is 26.0 Å². The van der Waals surface area contributed by atoms with Gasteiger partial charge in [-0.2, -0.15) is 0 Å². The van der Waals surface area contributed by atoms with E-state index in [4.69, 9.17) is 0 Å². The zero-order valence-electron chi connectivity index (χ0n) is 14.3. The average Bonchev–Trinajstić information content (AvgIpc) is 3.03. The van der Waals surface area contributed by atoms with Gasteiger partial charge in [-0.25, -0.2) is 8.42 Å². The first kappa shape index (κ1) is 18.1. The van der Waals surface area contributed by atoms with Gasteiger partial charge in [0.25, 0.3) is 15.9 Å². The lowest BCUT2D eigenvalue weighted by Crippen LogP contribution is -2.41. The molecule has 1 amide bonds. The number of amides is 1. The van der Waals surface area contributed by atoms with E-state index in [0.29, 0.717) is 10.8 Å². The van der Waals surface area contributed by atoms with Crippen LogP contribution in [0.5, 0.6) is 0 Å². The Morgan fingerprint density at radius 1 is 1.28 bits per heavy atom. The molecule has 1 aromatic carbocycles. The lowest BCUT2D eigenvalue weighted by Gasteiger charge is -2.16. The first-order valence-corrected chi connectivity index (χ1v) is 10.7. The van der Waals surface area contributed by atoms with Gasteiger partial charge in [-0.15, -0.1) is 16.2 Å². The molecule has 1 aliphatic rings. The Hall–Kier alpha value is -1.70. The van der Waals surface area contributed by atoms with Crippen LogP contribution in [-0.4, -0.2) is 14.3 Å². The second kappa shape index (κ2) is 7.27. The van der Waals surface area contributed by atoms with Crippen molar-refractivity contribution in [3.63, 3.8) is 0 Å². The zero-order chi connectivity index (χ0) is 18.0. The smallest absolute Gasteiger partial charge is 0.273 e. The van der Waals surface area contributed by atoms with E-state index in [1.54, 1.807) is 24.3 Å². The molecule has 0 saturated heterocycles. The normalized spacial score (nSPS) is 17.1. The van der Waals surface area contributed by atoms with Crippen molar-refractivity contribution >= 4 is 27.3 Å². The zero-order valence-corrected chi connectivity index (χ0v) is 16.0. The maximum atomic E-state index is 12.3. The number of hydrazine groups is 1. The molecule has 1 heterocycles. The van der Waals surface area contributed by atoms with Gasteiger partial charge in [0, 0.05) is 4.88 Å². The van der Waals surface area contributed by atoms with Gasteiger partial charge in [0.05, 0.1) is 9.77 Å². The van der Waals surface area contributed by atoms with Gasteiger partial charge in [-0.05, 0) is 60.9 Å². The predicted molar refractivity (Wildman–Crippen MR) is 99.1 cm³/mol. The number of carbonyl (C=O) groups is 1. The summed E-state index contributed by atoms with van der Waals surface area (Å²) in [6.45, 7) is 4.21. The van der Waals surface area contributed by atoms with Crippen LogP contribution < -0.4 is 10.3 Å². The molecule has 0 bridgehead atoms. The van der Waals surface area contributed by atoms with E-state index < -0.39 is 15.9 Å². The minimum Gasteiger partial charge on any atom is -0.273 e. The van der Waals surface area contributed by atoms with Crippen molar-refractivity contribution in [2.75, 3.05) is 0 Å². The molecule has 1 aliphatic carbocycles. The lowest BCUT2D eigenvalue weighted by molar-refractivity contribution is 0.0949. The molecule has 0 fully saturated rings. The second-order valence-corrected chi connectivity index (χ2v) is 9.28. The highest BCUT2D eigenvalue weighted by Crippen LogP contribution is 2.32. The van der Waals surface area contributed by atoms with Crippen LogP contribution in [-0.2, 0) is 29.3 Å². The van der Waals surface area contributed by atoms with Crippen LogP contribution in [0.15, 0.2) is 35.2 Å². The standard InChI is InChI=1S/C18H22N2O3S2/c1-3-13-5-7-15(8-6-13)25(22,23)20-19-18(21)17-11-14-10-12(2)4-9-16(14)24-17/h5-8,11-12,20H,3-4,9-10H2,1-2H3,(H,19,21)/t12-/m0/s1. The Morgan fingerprint density at radius 3 is 2.68 bits per heavy atom. The second-order valence-electron chi connectivity index (χ2n) is 6.46. The highest BCUT2D eigenvalue weighted by Gasteiger charge is 2.22. The summed E-state index contributed by atoms with van der Waals surface area (Å²) in [6.07, 6.45) is 3.94. The number of rotatable bonds is 5. The number of nitrogens with one attached hydrogen (secondary N) is 2. The maximum absolute atomic E-state index is 12.3. The van der Waals surface area contributed by atoms with Gasteiger partial charge in [0.2, 0.25) is 0 Å². The fourth-order valence-electron chi connectivity index (χ4n) is 2.96. The van der Waals surface area contributed by atoms with Crippen molar-refractivity contribution in [1.29, 1.82) is 0 Å². The SMILES string of the molecule is CCc1ccc(S(=O)(=O)NNC(=O)c2cc3c(s2)CC[C@H](C)C3)cc1. The number of carbonyl (C=O) groups excluding carboxylic acids is 1. The Morgan fingerprint density at radius 2 is 2.00 bits per heavy atom. The number of benzene rings is 1. The highest BCUT2D eigenvalue weighted by atomic mass is 32.2. The number of fused-ring (bicyclic) bond motifs is 1. The van der Waals surface area contributed by atoms with Crippen LogP contribution in [0.4, 0.5) is 0 Å². The molecule has 0 saturated carbocycles. The average molecular weight is 379 g/mol. The summed E-state index contributed by atoms with van der Waals surface area (Å²) in [4.78, 5) is 16.4. The molecule has 0 radical (unpaired) electrons. The van der Waals surface area contributed by atoms with Crippen molar-refractivity contribution in [2.24, 2.45) is 5.92 Å². The molecular weight excluding hydrogens is 356 g/mol. The van der Waals surface area contributed by atoms with Crippen molar-refractivity contribution < 1.29 is 13.2 Å². The summed E-state index contributed by atoms with van der Waals surface area (Å²) in [5.41, 5.74) is 4.59. The van der Waals surface area contributed by atoms with E-state index in [1.807, 2.05) is 13.0 Å². The topological polar surface area (TPSA) is 75.3 Å². The van der Waals surface area contributed by atoms with Crippen molar-refractivity contribution in [3.8, 4) is 0 Å². The Balaban J connectivity index is 1.67. The molecule has 25 heavy (non-hydrogen) atoms. The number of aryl methyl sites for hydroxylation is 2. The highest BCUT2D eigenvalue weighted by molar-refractivity contribution is 7.89. The summed E-state index contributed by atoms with van der Waals surface area (Å²) in [5, 5.41) is 0. The van der Waals surface area contributed by atoms with E-state index in [9.17, 15) is 13.2 Å². The van der Waals surface area contributed by atoms with E-state index in [-0.39, 0.29) is 4.90 Å². The quantitative estimate of drug-likeness (QED) is 0.785. The monoisotopic (exact) mass is 378 g/mol. The summed E-state index contributed by atoms with van der Waals surface area (Å²) in [7, 11) is -3.78. The van der Waals surface area contributed by atoms with Crippen molar-refractivity contribution in [3.05, 3.63) is 51.2 Å². The predicted octanol–water partition coefficient (Wildman–Crippen LogP) is 3.06. The Labute approximate surface area is 152 Å². The number of sulfonamides is 1. The minimum absolute atomic E-state index is 0.129. The fraction of sp³-hybridized carbons (Fsp3) is 0.389. The van der Waals surface area contributed by atoms with Gasteiger partial charge < -0.3 is 0 Å². The van der Waals surface area contributed by atoms with Gasteiger partial charge in [0.15, 0.2) is 0 Å². The molecule has 5 nitrogen and oxygen atoms in total. The van der Waals surface area contributed by atoms with E-state index in [0.717, 1.165) is 31.2 Å². The fourth-order valence-corrected chi connectivity index (χ4v) is 4.90. The van der Waals surface area contributed by atoms with Crippen LogP contribution in [0.1, 0.15) is 45.9 Å². The summed E-state index contributed by atoms with van der Waals surface area (Å²) < 4.78 is 24.6. The molecule has 2 N–H and O–H groups in total. The third-order valence-corrected chi connectivity index (χ3v) is 6.99. The largest absolute Gasteiger partial charge is 0.276 e. The van der Waals surface area contributed by atoms with Gasteiger partial charge >= 0.3 is 0 Å². The van der Waals surface area contributed by atoms with Crippen LogP contribution >= 0.6 is 11.3 Å². The lowest BCUT2D eigenvalue weighted by atomic mass is 9.90. The third-order valence-electron chi connectivity index (χ3n) is 4.49. The maximum Gasteiger partial charge on any atom is 0.276 e.